The highest BCUT2D eigenvalue weighted by atomic mass is 16.5. The summed E-state index contributed by atoms with van der Waals surface area (Å²) in [4.78, 5) is 16.8. The molecular weight excluding hydrogens is 314 g/mol. The first kappa shape index (κ1) is 16.9. The van der Waals surface area contributed by atoms with Crippen molar-refractivity contribution in [2.24, 2.45) is 0 Å². The molecule has 0 aliphatic rings. The van der Waals surface area contributed by atoms with Crippen LogP contribution < -0.4 is 4.74 Å². The minimum absolute atomic E-state index is 0.0649. The molecule has 0 saturated carbocycles. The fourth-order valence-corrected chi connectivity index (χ4v) is 2.70. The molecule has 0 unspecified atom stereocenters. The normalized spacial score (nSPS) is 11.8. The van der Waals surface area contributed by atoms with Gasteiger partial charge in [-0.3, -0.25) is 4.79 Å². The quantitative estimate of drug-likeness (QED) is 0.439. The van der Waals surface area contributed by atoms with Gasteiger partial charge in [0.25, 0.3) is 0 Å². The van der Waals surface area contributed by atoms with Crippen LogP contribution in [-0.2, 0) is 0 Å². The van der Waals surface area contributed by atoms with Crippen molar-refractivity contribution >= 4 is 5.78 Å². The second-order valence-corrected chi connectivity index (χ2v) is 5.78. The summed E-state index contributed by atoms with van der Waals surface area (Å²) in [5.74, 6) is 0.936. The Morgan fingerprint density at radius 2 is 1.72 bits per heavy atom. The molecule has 128 valence electrons. The van der Waals surface area contributed by atoms with Crippen LogP contribution in [0.3, 0.4) is 0 Å². The second-order valence-electron chi connectivity index (χ2n) is 5.78. The Bertz CT molecular complexity index is 758. The van der Waals surface area contributed by atoms with Crippen molar-refractivity contribution in [2.75, 3.05) is 6.61 Å². The lowest BCUT2D eigenvalue weighted by Crippen LogP contribution is -2.20. The summed E-state index contributed by atoms with van der Waals surface area (Å²) in [7, 11) is 0. The maximum Gasteiger partial charge on any atom is 0.187 e. The number of hydrogen-bond acceptors (Lipinski definition) is 4. The number of ether oxygens (including phenoxy) is 1. The zero-order valence-corrected chi connectivity index (χ0v) is 14.0. The molecule has 0 spiro atoms. The van der Waals surface area contributed by atoms with Crippen LogP contribution in [-0.4, -0.2) is 27.2 Å². The molecule has 3 rings (SSSR count). The number of nitrogens with zero attached hydrogens (tertiary/aromatic N) is 3. The van der Waals surface area contributed by atoms with E-state index in [9.17, 15) is 4.79 Å². The predicted molar refractivity (Wildman–Crippen MR) is 95.6 cm³/mol. The van der Waals surface area contributed by atoms with Crippen LogP contribution in [0.5, 0.6) is 5.75 Å². The Morgan fingerprint density at radius 3 is 2.40 bits per heavy atom. The number of carbonyl (C=O) groups is 1. The first-order chi connectivity index (χ1) is 12.3. The van der Waals surface area contributed by atoms with Crippen LogP contribution in [0.15, 0.2) is 73.3 Å². The number of carbonyl (C=O) groups excluding carboxylic acids is 1. The first-order valence-electron chi connectivity index (χ1n) is 8.46. The Labute approximate surface area is 147 Å². The number of benzene rings is 2. The molecular formula is C20H21N3O2. The molecule has 3 aromatic rings. The van der Waals surface area contributed by atoms with Crippen molar-refractivity contribution in [1.29, 1.82) is 0 Å². The van der Waals surface area contributed by atoms with Gasteiger partial charge in [0.05, 0.1) is 6.61 Å². The summed E-state index contributed by atoms with van der Waals surface area (Å²) < 4.78 is 7.35. The van der Waals surface area contributed by atoms with Gasteiger partial charge < -0.3 is 4.74 Å². The monoisotopic (exact) mass is 335 g/mol. The molecule has 2 aromatic carbocycles. The molecule has 1 atom stereocenters. The largest absolute Gasteiger partial charge is 0.494 e. The molecule has 0 bridgehead atoms. The molecule has 25 heavy (non-hydrogen) atoms. The minimum atomic E-state index is -0.332. The summed E-state index contributed by atoms with van der Waals surface area (Å²) in [6, 6.07) is 18.8. The Kier molecular flexibility index (Phi) is 5.93. The number of unbranched alkanes of at least 4 members (excludes halogenated alkanes) is 1. The number of Topliss-reactive ketones (excluding diaryl/α,β-unsaturated/α-hetero) is 1. The molecule has 5 nitrogen and oxygen atoms in total. The van der Waals surface area contributed by atoms with Gasteiger partial charge >= 0.3 is 0 Å². The van der Waals surface area contributed by atoms with Gasteiger partial charge in [0.1, 0.15) is 24.4 Å². The van der Waals surface area contributed by atoms with Gasteiger partial charge in [-0.15, -0.1) is 0 Å². The molecule has 5 heteroatoms. The molecule has 0 fully saturated rings. The van der Waals surface area contributed by atoms with E-state index in [0.717, 1.165) is 18.6 Å². The van der Waals surface area contributed by atoms with Crippen LogP contribution in [0, 0.1) is 0 Å². The highest BCUT2D eigenvalue weighted by Gasteiger charge is 2.22. The summed E-state index contributed by atoms with van der Waals surface area (Å²) in [6.07, 6.45) is 5.52. The lowest BCUT2D eigenvalue weighted by molar-refractivity contribution is 0.0907. The Balaban J connectivity index is 1.55. The van der Waals surface area contributed by atoms with Gasteiger partial charge in [0, 0.05) is 5.56 Å². The number of hydrogen-bond donors (Lipinski definition) is 0. The fraction of sp³-hybridized carbons (Fsp3) is 0.250. The van der Waals surface area contributed by atoms with Gasteiger partial charge in [-0.1, -0.05) is 48.5 Å². The minimum Gasteiger partial charge on any atom is -0.494 e. The van der Waals surface area contributed by atoms with Crippen molar-refractivity contribution in [3.63, 3.8) is 0 Å². The molecule has 0 aliphatic carbocycles. The third-order valence-corrected chi connectivity index (χ3v) is 4.00. The van der Waals surface area contributed by atoms with Gasteiger partial charge in [0.2, 0.25) is 0 Å². The van der Waals surface area contributed by atoms with Gasteiger partial charge in [-0.2, -0.15) is 5.10 Å². The van der Waals surface area contributed by atoms with E-state index in [0.29, 0.717) is 18.6 Å². The lowest BCUT2D eigenvalue weighted by Gasteiger charge is -2.16. The third-order valence-electron chi connectivity index (χ3n) is 4.00. The van der Waals surface area contributed by atoms with E-state index in [-0.39, 0.29) is 11.8 Å². The summed E-state index contributed by atoms with van der Waals surface area (Å²) in [6.45, 7) is 0.633. The fourth-order valence-electron chi connectivity index (χ4n) is 2.70. The molecule has 0 N–H and O–H groups in total. The standard InChI is InChI=1S/C20H21N3O2/c24-20(17-9-3-1-4-10-17)19(23-16-21-15-22-23)13-7-8-14-25-18-11-5-2-6-12-18/h1-6,9-12,15-16,19H,7-8,13-14H2/t19-/m1/s1. The van der Waals surface area contributed by atoms with E-state index in [1.54, 1.807) is 11.0 Å². The van der Waals surface area contributed by atoms with E-state index in [1.807, 2.05) is 60.7 Å². The first-order valence-corrected chi connectivity index (χ1v) is 8.46. The molecule has 1 heterocycles. The summed E-state index contributed by atoms with van der Waals surface area (Å²) in [5.41, 5.74) is 0.698. The SMILES string of the molecule is O=C(c1ccccc1)[C@@H](CCCCOc1ccccc1)n1cncn1. The van der Waals surface area contributed by atoms with E-state index in [4.69, 9.17) is 4.74 Å². The predicted octanol–water partition coefficient (Wildman–Crippen LogP) is 3.95. The van der Waals surface area contributed by atoms with Crippen molar-refractivity contribution in [3.8, 4) is 5.75 Å². The molecule has 0 radical (unpaired) electrons. The van der Waals surface area contributed by atoms with Crippen LogP contribution >= 0.6 is 0 Å². The van der Waals surface area contributed by atoms with Gasteiger partial charge in [0.15, 0.2) is 5.78 Å². The van der Waals surface area contributed by atoms with E-state index in [2.05, 4.69) is 10.1 Å². The highest BCUT2D eigenvalue weighted by molar-refractivity contribution is 5.98. The van der Waals surface area contributed by atoms with Crippen molar-refractivity contribution in [1.82, 2.24) is 14.8 Å². The van der Waals surface area contributed by atoms with E-state index in [1.165, 1.54) is 6.33 Å². The smallest absolute Gasteiger partial charge is 0.187 e. The van der Waals surface area contributed by atoms with Crippen molar-refractivity contribution in [3.05, 3.63) is 78.9 Å². The van der Waals surface area contributed by atoms with Crippen LogP contribution in [0.1, 0.15) is 35.7 Å². The summed E-state index contributed by atoms with van der Waals surface area (Å²) in [5, 5.41) is 4.16. The zero-order valence-electron chi connectivity index (χ0n) is 14.0. The highest BCUT2D eigenvalue weighted by Crippen LogP contribution is 2.20. The van der Waals surface area contributed by atoms with Crippen LogP contribution in [0.2, 0.25) is 0 Å². The van der Waals surface area contributed by atoms with E-state index < -0.39 is 0 Å². The number of aromatic nitrogens is 3. The van der Waals surface area contributed by atoms with E-state index >= 15 is 0 Å². The van der Waals surface area contributed by atoms with Crippen molar-refractivity contribution in [2.45, 2.75) is 25.3 Å². The molecule has 0 aliphatic heterocycles. The Hall–Kier alpha value is -2.95. The number of para-hydroxylation sites is 1. The number of rotatable bonds is 9. The average Bonchev–Trinajstić information content (AvgIpc) is 3.20. The molecule has 0 amide bonds. The number of ketones is 1. The van der Waals surface area contributed by atoms with Crippen LogP contribution in [0.4, 0.5) is 0 Å². The van der Waals surface area contributed by atoms with Crippen LogP contribution in [0.25, 0.3) is 0 Å². The maximum absolute atomic E-state index is 12.8. The second kappa shape index (κ2) is 8.78. The molecule has 1 aromatic heterocycles. The third kappa shape index (κ3) is 4.76. The maximum atomic E-state index is 12.8. The zero-order chi connectivity index (χ0) is 17.3. The average molecular weight is 335 g/mol. The lowest BCUT2D eigenvalue weighted by atomic mass is 9.99. The van der Waals surface area contributed by atoms with Gasteiger partial charge in [-0.25, -0.2) is 9.67 Å². The summed E-state index contributed by atoms with van der Waals surface area (Å²) >= 11 is 0. The van der Waals surface area contributed by atoms with Gasteiger partial charge in [-0.05, 0) is 31.4 Å². The van der Waals surface area contributed by atoms with Crippen molar-refractivity contribution < 1.29 is 9.53 Å². The molecule has 0 saturated heterocycles. The topological polar surface area (TPSA) is 57.0 Å². The Morgan fingerprint density at radius 1 is 1.00 bits per heavy atom.